The Morgan fingerprint density at radius 2 is 2.00 bits per heavy atom. The molecule has 5 nitrogen and oxygen atoms in total. The number of ether oxygens (including phenoxy) is 1. The first-order valence-corrected chi connectivity index (χ1v) is 5.71. The molecule has 1 amide bonds. The van der Waals surface area contributed by atoms with Gasteiger partial charge in [-0.1, -0.05) is 29.8 Å². The second-order valence-corrected chi connectivity index (χ2v) is 4.51. The minimum Gasteiger partial charge on any atom is -0.479 e. The molecule has 0 aliphatic carbocycles. The highest BCUT2D eigenvalue weighted by molar-refractivity contribution is 5.86. The Balaban J connectivity index is 2.46. The molecular formula is C13H15NO4. The van der Waals surface area contributed by atoms with E-state index in [-0.39, 0.29) is 13.2 Å². The molecule has 1 heterocycles. The van der Waals surface area contributed by atoms with Crippen molar-refractivity contribution in [3.05, 3.63) is 35.4 Å². The first kappa shape index (κ1) is 12.4. The predicted octanol–water partition coefficient (Wildman–Crippen LogP) is 1.75. The standard InChI is InChI=1S/C13H15NO4/c1-9-3-5-10(6-4-9)13(2,11(15)16)14-7-8-18-12(14)17/h3-6H,7-8H2,1-2H3,(H,15,16). The van der Waals surface area contributed by atoms with Crippen molar-refractivity contribution in [1.82, 2.24) is 4.90 Å². The van der Waals surface area contributed by atoms with Crippen molar-refractivity contribution in [3.8, 4) is 0 Å². The fraction of sp³-hybridized carbons (Fsp3) is 0.385. The van der Waals surface area contributed by atoms with Gasteiger partial charge in [-0.05, 0) is 19.4 Å². The minimum absolute atomic E-state index is 0.230. The third-order valence-electron chi connectivity index (χ3n) is 3.33. The lowest BCUT2D eigenvalue weighted by molar-refractivity contribution is -0.149. The average Bonchev–Trinajstić information content (AvgIpc) is 2.75. The van der Waals surface area contributed by atoms with Crippen LogP contribution >= 0.6 is 0 Å². The number of aryl methyl sites for hydroxylation is 1. The number of hydrogen-bond donors (Lipinski definition) is 1. The zero-order chi connectivity index (χ0) is 13.3. The van der Waals surface area contributed by atoms with Crippen molar-refractivity contribution in [2.24, 2.45) is 0 Å². The highest BCUT2D eigenvalue weighted by Gasteiger charge is 2.46. The third-order valence-corrected chi connectivity index (χ3v) is 3.33. The van der Waals surface area contributed by atoms with E-state index in [1.54, 1.807) is 12.1 Å². The Hall–Kier alpha value is -2.04. The Morgan fingerprint density at radius 1 is 1.39 bits per heavy atom. The second kappa shape index (κ2) is 4.33. The van der Waals surface area contributed by atoms with Crippen LogP contribution in [0.3, 0.4) is 0 Å². The summed E-state index contributed by atoms with van der Waals surface area (Å²) in [5, 5.41) is 9.48. The Kier molecular flexibility index (Phi) is 2.98. The summed E-state index contributed by atoms with van der Waals surface area (Å²) in [7, 11) is 0. The van der Waals surface area contributed by atoms with E-state index in [4.69, 9.17) is 4.74 Å². The third kappa shape index (κ3) is 1.81. The highest BCUT2D eigenvalue weighted by atomic mass is 16.6. The Bertz CT molecular complexity index is 482. The van der Waals surface area contributed by atoms with Gasteiger partial charge < -0.3 is 9.84 Å². The fourth-order valence-electron chi connectivity index (χ4n) is 2.07. The normalized spacial score (nSPS) is 18.3. The van der Waals surface area contributed by atoms with E-state index in [0.29, 0.717) is 5.56 Å². The first-order valence-electron chi connectivity index (χ1n) is 5.71. The molecule has 0 saturated carbocycles. The quantitative estimate of drug-likeness (QED) is 0.886. The summed E-state index contributed by atoms with van der Waals surface area (Å²) in [4.78, 5) is 24.4. The summed E-state index contributed by atoms with van der Waals surface area (Å²) in [6.07, 6.45) is -0.583. The molecular weight excluding hydrogens is 234 g/mol. The van der Waals surface area contributed by atoms with Crippen LogP contribution in [0.2, 0.25) is 0 Å². The van der Waals surface area contributed by atoms with Gasteiger partial charge in [-0.3, -0.25) is 4.90 Å². The van der Waals surface area contributed by atoms with Crippen molar-refractivity contribution >= 4 is 12.1 Å². The first-order chi connectivity index (χ1) is 8.46. The second-order valence-electron chi connectivity index (χ2n) is 4.51. The van der Waals surface area contributed by atoms with Crippen LogP contribution in [0.1, 0.15) is 18.1 Å². The van der Waals surface area contributed by atoms with Crippen LogP contribution in [0.15, 0.2) is 24.3 Å². The van der Waals surface area contributed by atoms with Gasteiger partial charge in [-0.2, -0.15) is 0 Å². The van der Waals surface area contributed by atoms with Gasteiger partial charge in [0.1, 0.15) is 6.61 Å². The lowest BCUT2D eigenvalue weighted by atomic mass is 9.90. The predicted molar refractivity (Wildman–Crippen MR) is 64.2 cm³/mol. The molecule has 0 bridgehead atoms. The summed E-state index contributed by atoms with van der Waals surface area (Å²) < 4.78 is 4.83. The van der Waals surface area contributed by atoms with Crippen LogP contribution < -0.4 is 0 Å². The van der Waals surface area contributed by atoms with E-state index in [1.165, 1.54) is 11.8 Å². The molecule has 2 rings (SSSR count). The summed E-state index contributed by atoms with van der Waals surface area (Å²) >= 11 is 0. The van der Waals surface area contributed by atoms with Gasteiger partial charge in [0.15, 0.2) is 5.54 Å². The van der Waals surface area contributed by atoms with Crippen molar-refractivity contribution < 1.29 is 19.4 Å². The molecule has 96 valence electrons. The molecule has 1 aliphatic heterocycles. The van der Waals surface area contributed by atoms with Crippen LogP contribution in [0.25, 0.3) is 0 Å². The number of carboxylic acids is 1. The molecule has 18 heavy (non-hydrogen) atoms. The molecule has 1 aromatic carbocycles. The van der Waals surface area contributed by atoms with Gasteiger partial charge in [0.05, 0.1) is 6.54 Å². The minimum atomic E-state index is -1.39. The van der Waals surface area contributed by atoms with Gasteiger partial charge in [0, 0.05) is 0 Å². The molecule has 0 spiro atoms. The molecule has 1 aliphatic rings. The maximum absolute atomic E-state index is 11.6. The molecule has 1 unspecified atom stereocenters. The summed E-state index contributed by atoms with van der Waals surface area (Å²) in [5.74, 6) is -1.06. The number of carbonyl (C=O) groups is 2. The van der Waals surface area contributed by atoms with Crippen LogP contribution in [-0.2, 0) is 15.1 Å². The SMILES string of the molecule is Cc1ccc(C(C)(C(=O)O)N2CCOC2=O)cc1. The maximum Gasteiger partial charge on any atom is 0.411 e. The molecule has 1 aromatic rings. The van der Waals surface area contributed by atoms with Gasteiger partial charge in [0.25, 0.3) is 0 Å². The van der Waals surface area contributed by atoms with Crippen LogP contribution in [0, 0.1) is 6.92 Å². The van der Waals surface area contributed by atoms with E-state index in [0.717, 1.165) is 5.56 Å². The maximum atomic E-state index is 11.6. The largest absolute Gasteiger partial charge is 0.479 e. The molecule has 5 heteroatoms. The lowest BCUT2D eigenvalue weighted by Crippen LogP contribution is -2.50. The summed E-state index contributed by atoms with van der Waals surface area (Å²) in [5.41, 5.74) is 0.219. The zero-order valence-electron chi connectivity index (χ0n) is 10.3. The lowest BCUT2D eigenvalue weighted by Gasteiger charge is -2.33. The Labute approximate surface area is 105 Å². The number of nitrogens with zero attached hydrogens (tertiary/aromatic N) is 1. The van der Waals surface area contributed by atoms with E-state index >= 15 is 0 Å². The summed E-state index contributed by atoms with van der Waals surface area (Å²) in [6.45, 7) is 3.96. The average molecular weight is 249 g/mol. The molecule has 1 saturated heterocycles. The van der Waals surface area contributed by atoms with E-state index < -0.39 is 17.6 Å². The molecule has 0 aromatic heterocycles. The number of carbonyl (C=O) groups excluding carboxylic acids is 1. The van der Waals surface area contributed by atoms with Crippen molar-refractivity contribution in [1.29, 1.82) is 0 Å². The smallest absolute Gasteiger partial charge is 0.411 e. The van der Waals surface area contributed by atoms with Gasteiger partial charge >= 0.3 is 12.1 Å². The van der Waals surface area contributed by atoms with Crippen LogP contribution in [0.4, 0.5) is 4.79 Å². The van der Waals surface area contributed by atoms with Gasteiger partial charge in [-0.25, -0.2) is 9.59 Å². The van der Waals surface area contributed by atoms with Crippen LogP contribution in [0.5, 0.6) is 0 Å². The van der Waals surface area contributed by atoms with Crippen LogP contribution in [-0.4, -0.2) is 35.2 Å². The van der Waals surface area contributed by atoms with Crippen molar-refractivity contribution in [2.75, 3.05) is 13.2 Å². The number of rotatable bonds is 3. The van der Waals surface area contributed by atoms with E-state index in [2.05, 4.69) is 0 Å². The molecule has 1 atom stereocenters. The van der Waals surface area contributed by atoms with Gasteiger partial charge in [-0.15, -0.1) is 0 Å². The zero-order valence-corrected chi connectivity index (χ0v) is 10.3. The molecule has 1 fully saturated rings. The highest BCUT2D eigenvalue weighted by Crippen LogP contribution is 2.31. The molecule has 1 N–H and O–H groups in total. The topological polar surface area (TPSA) is 66.8 Å². The van der Waals surface area contributed by atoms with E-state index in [1.807, 2.05) is 19.1 Å². The van der Waals surface area contributed by atoms with E-state index in [9.17, 15) is 14.7 Å². The number of amides is 1. The van der Waals surface area contributed by atoms with Crippen molar-refractivity contribution in [2.45, 2.75) is 19.4 Å². The molecule has 0 radical (unpaired) electrons. The number of hydrogen-bond acceptors (Lipinski definition) is 3. The number of benzene rings is 1. The van der Waals surface area contributed by atoms with Gasteiger partial charge in [0.2, 0.25) is 0 Å². The Morgan fingerprint density at radius 3 is 2.44 bits per heavy atom. The fourth-order valence-corrected chi connectivity index (χ4v) is 2.07. The number of aliphatic carboxylic acids is 1. The number of carboxylic acid groups (broad SMARTS) is 1. The van der Waals surface area contributed by atoms with Crippen molar-refractivity contribution in [3.63, 3.8) is 0 Å². The summed E-state index contributed by atoms with van der Waals surface area (Å²) in [6, 6.07) is 7.12. The number of cyclic esters (lactones) is 1. The monoisotopic (exact) mass is 249 g/mol.